The van der Waals surface area contributed by atoms with Crippen LogP contribution in [0.15, 0.2) is 102 Å². The van der Waals surface area contributed by atoms with Gasteiger partial charge in [0.15, 0.2) is 5.16 Å². The van der Waals surface area contributed by atoms with Crippen molar-refractivity contribution in [2.75, 3.05) is 0 Å². The van der Waals surface area contributed by atoms with Gasteiger partial charge in [-0.1, -0.05) is 103 Å². The van der Waals surface area contributed by atoms with E-state index in [2.05, 4.69) is 107 Å². The van der Waals surface area contributed by atoms with E-state index in [0.29, 0.717) is 5.75 Å². The van der Waals surface area contributed by atoms with Crippen molar-refractivity contribution in [3.8, 4) is 22.5 Å². The van der Waals surface area contributed by atoms with Gasteiger partial charge in [0.1, 0.15) is 12.2 Å². The predicted molar refractivity (Wildman–Crippen MR) is 134 cm³/mol. The Bertz CT molecular complexity index is 1310. The maximum atomic E-state index is 5.18. The predicted octanol–water partition coefficient (Wildman–Crippen LogP) is 6.17. The SMILES string of the molecule is CCn1ncnc1CSc1nc(-c2ccccc2)c(-c2ccccc2)n1Cc1ccccc1. The summed E-state index contributed by atoms with van der Waals surface area (Å²) in [6.07, 6.45) is 1.63. The van der Waals surface area contributed by atoms with Crippen LogP contribution in [0.3, 0.4) is 0 Å². The van der Waals surface area contributed by atoms with Crippen LogP contribution in [0.25, 0.3) is 22.5 Å². The minimum absolute atomic E-state index is 0.710. The first-order chi connectivity index (χ1) is 16.3. The zero-order valence-corrected chi connectivity index (χ0v) is 19.3. The summed E-state index contributed by atoms with van der Waals surface area (Å²) in [6.45, 7) is 3.63. The van der Waals surface area contributed by atoms with E-state index in [4.69, 9.17) is 4.98 Å². The Morgan fingerprint density at radius 3 is 2.09 bits per heavy atom. The van der Waals surface area contributed by atoms with Gasteiger partial charge in [0.05, 0.1) is 23.7 Å². The monoisotopic (exact) mass is 451 g/mol. The lowest BCUT2D eigenvalue weighted by Crippen LogP contribution is -2.05. The number of aromatic nitrogens is 5. The summed E-state index contributed by atoms with van der Waals surface area (Å²) in [6, 6.07) is 31.5. The van der Waals surface area contributed by atoms with Crippen molar-refractivity contribution >= 4 is 11.8 Å². The zero-order chi connectivity index (χ0) is 22.5. The van der Waals surface area contributed by atoms with Gasteiger partial charge in [0, 0.05) is 17.7 Å². The molecule has 0 radical (unpaired) electrons. The summed E-state index contributed by atoms with van der Waals surface area (Å²) in [5, 5.41) is 5.29. The lowest BCUT2D eigenvalue weighted by molar-refractivity contribution is 0.632. The van der Waals surface area contributed by atoms with E-state index in [-0.39, 0.29) is 0 Å². The Kier molecular flexibility index (Phi) is 6.35. The van der Waals surface area contributed by atoms with Crippen molar-refractivity contribution in [3.63, 3.8) is 0 Å². The van der Waals surface area contributed by atoms with Crippen LogP contribution in [-0.4, -0.2) is 24.3 Å². The molecule has 164 valence electrons. The molecule has 0 spiro atoms. The van der Waals surface area contributed by atoms with Crippen molar-refractivity contribution in [1.29, 1.82) is 0 Å². The van der Waals surface area contributed by atoms with Crippen LogP contribution in [0, 0.1) is 0 Å². The van der Waals surface area contributed by atoms with Crippen molar-refractivity contribution < 1.29 is 0 Å². The third-order valence-electron chi connectivity index (χ3n) is 5.54. The summed E-state index contributed by atoms with van der Waals surface area (Å²) < 4.78 is 4.28. The zero-order valence-electron chi connectivity index (χ0n) is 18.5. The maximum absolute atomic E-state index is 5.18. The van der Waals surface area contributed by atoms with E-state index >= 15 is 0 Å². The average molecular weight is 452 g/mol. The van der Waals surface area contributed by atoms with Gasteiger partial charge in [0.25, 0.3) is 0 Å². The molecule has 0 aliphatic rings. The van der Waals surface area contributed by atoms with Crippen molar-refractivity contribution in [2.24, 2.45) is 0 Å². The third-order valence-corrected chi connectivity index (χ3v) is 6.51. The van der Waals surface area contributed by atoms with Gasteiger partial charge in [-0.25, -0.2) is 14.6 Å². The van der Waals surface area contributed by atoms with Crippen LogP contribution in [0.2, 0.25) is 0 Å². The molecular weight excluding hydrogens is 426 g/mol. The Morgan fingerprint density at radius 2 is 1.42 bits per heavy atom. The lowest BCUT2D eigenvalue weighted by atomic mass is 10.0. The standard InChI is InChI=1S/C27H25N5S/c1-2-32-24(28-20-29-32)19-33-27-30-25(22-14-8-4-9-15-22)26(23-16-10-5-11-17-23)31(27)18-21-12-6-3-7-13-21/h3-17,20H,2,18-19H2,1H3. The van der Waals surface area contributed by atoms with Gasteiger partial charge in [0.2, 0.25) is 0 Å². The Morgan fingerprint density at radius 1 is 0.788 bits per heavy atom. The molecule has 0 fully saturated rings. The number of hydrogen-bond donors (Lipinski definition) is 0. The topological polar surface area (TPSA) is 48.5 Å². The summed E-state index contributed by atoms with van der Waals surface area (Å²) in [7, 11) is 0. The highest BCUT2D eigenvalue weighted by molar-refractivity contribution is 7.98. The molecule has 0 saturated heterocycles. The molecule has 0 N–H and O–H groups in total. The molecule has 0 aliphatic carbocycles. The highest BCUT2D eigenvalue weighted by Crippen LogP contribution is 2.37. The molecule has 3 aromatic carbocycles. The Hall–Kier alpha value is -3.64. The fraction of sp³-hybridized carbons (Fsp3) is 0.148. The highest BCUT2D eigenvalue weighted by Gasteiger charge is 2.21. The van der Waals surface area contributed by atoms with Crippen LogP contribution in [0.4, 0.5) is 0 Å². The van der Waals surface area contributed by atoms with Gasteiger partial charge in [-0.3, -0.25) is 0 Å². The summed E-state index contributed by atoms with van der Waals surface area (Å²) in [5.74, 6) is 1.67. The summed E-state index contributed by atoms with van der Waals surface area (Å²) >= 11 is 1.71. The van der Waals surface area contributed by atoms with Crippen molar-refractivity contribution in [2.45, 2.75) is 30.9 Å². The second-order valence-corrected chi connectivity index (χ2v) is 8.62. The first-order valence-electron chi connectivity index (χ1n) is 11.1. The molecule has 2 heterocycles. The minimum Gasteiger partial charge on any atom is -0.314 e. The Balaban J connectivity index is 1.64. The number of imidazole rings is 1. The van der Waals surface area contributed by atoms with Gasteiger partial charge in [-0.2, -0.15) is 5.10 Å². The van der Waals surface area contributed by atoms with Crippen LogP contribution >= 0.6 is 11.8 Å². The van der Waals surface area contributed by atoms with E-state index in [1.54, 1.807) is 18.1 Å². The third kappa shape index (κ3) is 4.61. The van der Waals surface area contributed by atoms with Gasteiger partial charge >= 0.3 is 0 Å². The summed E-state index contributed by atoms with van der Waals surface area (Å²) in [5.41, 5.74) is 5.64. The molecule has 0 bridgehead atoms. The number of thioether (sulfide) groups is 1. The largest absolute Gasteiger partial charge is 0.314 e. The smallest absolute Gasteiger partial charge is 0.169 e. The molecule has 2 aromatic heterocycles. The molecule has 5 nitrogen and oxygen atoms in total. The second-order valence-electron chi connectivity index (χ2n) is 7.68. The second kappa shape index (κ2) is 9.88. The number of hydrogen-bond acceptors (Lipinski definition) is 4. The van der Waals surface area contributed by atoms with Crippen molar-refractivity contribution in [3.05, 3.63) is 109 Å². The molecule has 33 heavy (non-hydrogen) atoms. The van der Waals surface area contributed by atoms with Crippen LogP contribution < -0.4 is 0 Å². The lowest BCUT2D eigenvalue weighted by Gasteiger charge is -2.13. The fourth-order valence-electron chi connectivity index (χ4n) is 3.93. The highest BCUT2D eigenvalue weighted by atomic mass is 32.2. The van der Waals surface area contributed by atoms with Gasteiger partial charge < -0.3 is 4.57 Å². The molecule has 0 aliphatic heterocycles. The molecule has 5 rings (SSSR count). The first-order valence-corrected chi connectivity index (χ1v) is 12.1. The molecule has 0 unspecified atom stereocenters. The Labute approximate surface area is 198 Å². The quantitative estimate of drug-likeness (QED) is 0.265. The molecule has 5 aromatic rings. The normalized spacial score (nSPS) is 11.1. The number of benzene rings is 3. The van der Waals surface area contributed by atoms with Gasteiger partial charge in [-0.05, 0) is 12.5 Å². The summed E-state index contributed by atoms with van der Waals surface area (Å²) in [4.78, 5) is 9.63. The van der Waals surface area contributed by atoms with E-state index in [0.717, 1.165) is 46.6 Å². The number of rotatable bonds is 8. The molecular formula is C27H25N5S. The molecule has 6 heteroatoms. The molecule has 0 atom stereocenters. The maximum Gasteiger partial charge on any atom is 0.169 e. The van der Waals surface area contributed by atoms with Crippen LogP contribution in [-0.2, 0) is 18.8 Å². The minimum atomic E-state index is 0.710. The molecule has 0 saturated carbocycles. The van der Waals surface area contributed by atoms with E-state index in [1.165, 1.54) is 5.56 Å². The number of aryl methyl sites for hydroxylation is 1. The fourth-order valence-corrected chi connectivity index (χ4v) is 4.88. The van der Waals surface area contributed by atoms with E-state index in [9.17, 15) is 0 Å². The molecule has 0 amide bonds. The van der Waals surface area contributed by atoms with E-state index in [1.807, 2.05) is 10.7 Å². The number of nitrogens with zero attached hydrogens (tertiary/aromatic N) is 5. The van der Waals surface area contributed by atoms with Crippen LogP contribution in [0.5, 0.6) is 0 Å². The first kappa shape index (κ1) is 21.2. The average Bonchev–Trinajstić information content (AvgIpc) is 3.48. The van der Waals surface area contributed by atoms with E-state index < -0.39 is 0 Å². The van der Waals surface area contributed by atoms with Crippen LogP contribution in [0.1, 0.15) is 18.3 Å². The van der Waals surface area contributed by atoms with Gasteiger partial charge in [-0.15, -0.1) is 0 Å². The van der Waals surface area contributed by atoms with Crippen molar-refractivity contribution in [1.82, 2.24) is 24.3 Å².